The van der Waals surface area contributed by atoms with E-state index in [0.29, 0.717) is 0 Å². The predicted molar refractivity (Wildman–Crippen MR) is 60.6 cm³/mol. The second kappa shape index (κ2) is 5.98. The molecule has 0 aliphatic heterocycles. The first-order chi connectivity index (χ1) is 5.93. The van der Waals surface area contributed by atoms with E-state index in [2.05, 4.69) is 33.5 Å². The lowest BCUT2D eigenvalue weighted by Crippen LogP contribution is -1.53. The van der Waals surface area contributed by atoms with Crippen molar-refractivity contribution >= 4 is 33.3 Å². The molecule has 0 fully saturated rings. The van der Waals surface area contributed by atoms with Crippen molar-refractivity contribution in [2.24, 2.45) is 0 Å². The highest BCUT2D eigenvalue weighted by atomic mass is 79.9. The maximum Gasteiger partial charge on any atom is 0.0270 e. The minimum Gasteiger partial charge on any atom is -0.144 e. The van der Waals surface area contributed by atoms with E-state index in [0.717, 1.165) is 0 Å². The summed E-state index contributed by atoms with van der Waals surface area (Å²) in [6.07, 6.45) is 10.0. The molecule has 1 rings (SSSR count). The van der Waals surface area contributed by atoms with Gasteiger partial charge in [-0.1, -0.05) is 46.3 Å². The highest BCUT2D eigenvalue weighted by Gasteiger charge is 1.81. The van der Waals surface area contributed by atoms with Gasteiger partial charge in [-0.05, 0) is 22.5 Å². The van der Waals surface area contributed by atoms with Crippen molar-refractivity contribution < 1.29 is 0 Å². The minimum absolute atomic E-state index is 1.28. The molecule has 1 aromatic rings. The smallest absolute Gasteiger partial charge is 0.0270 e. The number of allylic oxidation sites excluding steroid dienone is 4. The largest absolute Gasteiger partial charge is 0.144 e. The van der Waals surface area contributed by atoms with Crippen molar-refractivity contribution in [2.45, 2.75) is 0 Å². The summed E-state index contributed by atoms with van der Waals surface area (Å²) in [7, 11) is 0. The fourth-order valence-corrected chi connectivity index (χ4v) is 1.51. The van der Waals surface area contributed by atoms with Crippen LogP contribution in [0, 0.1) is 0 Å². The topological polar surface area (TPSA) is 0 Å². The number of halogens is 1. The van der Waals surface area contributed by atoms with Crippen LogP contribution in [0.3, 0.4) is 0 Å². The molecule has 0 spiro atoms. The molecule has 0 bridgehead atoms. The number of rotatable bonds is 3. The molecule has 62 valence electrons. The zero-order chi connectivity index (χ0) is 8.65. The molecule has 0 saturated heterocycles. The Balaban J connectivity index is 2.41. The Morgan fingerprint density at radius 1 is 1.17 bits per heavy atom. The highest BCUT2D eigenvalue weighted by Crippen LogP contribution is 2.09. The SMILES string of the molecule is Br\C=C/C=C/C=C/c1cccs1. The summed E-state index contributed by atoms with van der Waals surface area (Å²) >= 11 is 4.93. The van der Waals surface area contributed by atoms with Crippen LogP contribution in [0.2, 0.25) is 0 Å². The van der Waals surface area contributed by atoms with Crippen LogP contribution < -0.4 is 0 Å². The van der Waals surface area contributed by atoms with Crippen LogP contribution >= 0.6 is 27.3 Å². The van der Waals surface area contributed by atoms with Crippen molar-refractivity contribution in [2.75, 3.05) is 0 Å². The average molecular weight is 241 g/mol. The van der Waals surface area contributed by atoms with Crippen molar-refractivity contribution in [3.8, 4) is 0 Å². The Morgan fingerprint density at radius 2 is 2.00 bits per heavy atom. The first kappa shape index (κ1) is 9.49. The van der Waals surface area contributed by atoms with Gasteiger partial charge in [-0.15, -0.1) is 11.3 Å². The lowest BCUT2D eigenvalue weighted by molar-refractivity contribution is 1.92. The summed E-state index contributed by atoms with van der Waals surface area (Å²) in [4.78, 5) is 3.10. The summed E-state index contributed by atoms with van der Waals surface area (Å²) in [6, 6.07) is 4.14. The number of thiophene rings is 1. The Labute approximate surface area is 85.1 Å². The molecule has 1 aromatic heterocycles. The van der Waals surface area contributed by atoms with Gasteiger partial charge in [0, 0.05) is 4.88 Å². The average Bonchev–Trinajstić information content (AvgIpc) is 2.57. The van der Waals surface area contributed by atoms with E-state index in [1.54, 1.807) is 11.3 Å². The van der Waals surface area contributed by atoms with E-state index in [4.69, 9.17) is 0 Å². The third kappa shape index (κ3) is 3.69. The van der Waals surface area contributed by atoms with Crippen molar-refractivity contribution in [3.05, 3.63) is 51.7 Å². The molecule has 0 aliphatic carbocycles. The Bertz CT molecular complexity index is 281. The Hall–Kier alpha value is -0.600. The standard InChI is InChI=1S/C10H9BrS/c11-8-4-2-1-3-6-10-7-5-9-12-10/h1-9H/b2-1+,6-3+,8-4-. The predicted octanol–water partition coefficient (Wildman–Crippen LogP) is 4.23. The van der Waals surface area contributed by atoms with Gasteiger partial charge < -0.3 is 0 Å². The molecule has 0 aliphatic rings. The molecule has 0 N–H and O–H groups in total. The molecule has 0 unspecified atom stereocenters. The second-order valence-electron chi connectivity index (χ2n) is 2.08. The van der Waals surface area contributed by atoms with Gasteiger partial charge in [0.15, 0.2) is 0 Å². The van der Waals surface area contributed by atoms with Crippen LogP contribution in [0.25, 0.3) is 6.08 Å². The Kier molecular flexibility index (Phi) is 4.73. The van der Waals surface area contributed by atoms with Crippen LogP contribution in [0.1, 0.15) is 4.88 Å². The van der Waals surface area contributed by atoms with Gasteiger partial charge >= 0.3 is 0 Å². The summed E-state index contributed by atoms with van der Waals surface area (Å²) in [5.41, 5.74) is 0. The molecule has 0 aromatic carbocycles. The highest BCUT2D eigenvalue weighted by molar-refractivity contribution is 9.11. The van der Waals surface area contributed by atoms with Crippen molar-refractivity contribution in [3.63, 3.8) is 0 Å². The van der Waals surface area contributed by atoms with Crippen LogP contribution in [0.15, 0.2) is 46.8 Å². The third-order valence-electron chi connectivity index (χ3n) is 1.21. The fraction of sp³-hybridized carbons (Fsp3) is 0. The molecule has 12 heavy (non-hydrogen) atoms. The lowest BCUT2D eigenvalue weighted by Gasteiger charge is -1.78. The van der Waals surface area contributed by atoms with Gasteiger partial charge in [0.05, 0.1) is 0 Å². The molecular formula is C10H9BrS. The second-order valence-corrected chi connectivity index (χ2v) is 3.59. The van der Waals surface area contributed by atoms with Crippen molar-refractivity contribution in [1.29, 1.82) is 0 Å². The summed E-state index contributed by atoms with van der Waals surface area (Å²) < 4.78 is 0. The van der Waals surface area contributed by atoms with Crippen molar-refractivity contribution in [1.82, 2.24) is 0 Å². The van der Waals surface area contributed by atoms with Gasteiger partial charge in [-0.3, -0.25) is 0 Å². The molecule has 0 nitrogen and oxygen atoms in total. The van der Waals surface area contributed by atoms with Crippen LogP contribution in [0.4, 0.5) is 0 Å². The van der Waals surface area contributed by atoms with E-state index in [1.807, 2.05) is 35.4 Å². The summed E-state index contributed by atoms with van der Waals surface area (Å²) in [5, 5.41) is 2.07. The molecular weight excluding hydrogens is 232 g/mol. The van der Waals surface area contributed by atoms with E-state index < -0.39 is 0 Å². The first-order valence-corrected chi connectivity index (χ1v) is 5.36. The normalized spacial score (nSPS) is 12.4. The van der Waals surface area contributed by atoms with Gasteiger partial charge in [-0.2, -0.15) is 0 Å². The van der Waals surface area contributed by atoms with Crippen LogP contribution in [-0.2, 0) is 0 Å². The molecule has 0 atom stereocenters. The summed E-state index contributed by atoms with van der Waals surface area (Å²) in [5.74, 6) is 0. The maximum atomic E-state index is 3.19. The van der Waals surface area contributed by atoms with Gasteiger partial charge in [-0.25, -0.2) is 0 Å². The zero-order valence-electron chi connectivity index (χ0n) is 6.48. The third-order valence-corrected chi connectivity index (χ3v) is 2.35. The molecule has 0 radical (unpaired) electrons. The number of hydrogen-bond acceptors (Lipinski definition) is 1. The lowest BCUT2D eigenvalue weighted by atomic mass is 10.4. The monoisotopic (exact) mass is 240 g/mol. The van der Waals surface area contributed by atoms with Gasteiger partial charge in [0.1, 0.15) is 0 Å². The summed E-state index contributed by atoms with van der Waals surface area (Å²) in [6.45, 7) is 0. The van der Waals surface area contributed by atoms with E-state index >= 15 is 0 Å². The van der Waals surface area contributed by atoms with Crippen LogP contribution in [0.5, 0.6) is 0 Å². The van der Waals surface area contributed by atoms with E-state index in [-0.39, 0.29) is 0 Å². The fourth-order valence-electron chi connectivity index (χ4n) is 0.707. The molecule has 0 amide bonds. The Morgan fingerprint density at radius 3 is 2.67 bits per heavy atom. The van der Waals surface area contributed by atoms with Gasteiger partial charge in [0.2, 0.25) is 0 Å². The molecule has 0 saturated carbocycles. The van der Waals surface area contributed by atoms with Gasteiger partial charge in [0.25, 0.3) is 0 Å². The van der Waals surface area contributed by atoms with E-state index in [9.17, 15) is 0 Å². The molecule has 1 heterocycles. The zero-order valence-corrected chi connectivity index (χ0v) is 8.88. The first-order valence-electron chi connectivity index (χ1n) is 3.57. The maximum absolute atomic E-state index is 3.19. The molecule has 2 heteroatoms. The number of hydrogen-bond donors (Lipinski definition) is 0. The quantitative estimate of drug-likeness (QED) is 0.695. The minimum atomic E-state index is 1.28. The van der Waals surface area contributed by atoms with Crippen LogP contribution in [-0.4, -0.2) is 0 Å². The van der Waals surface area contributed by atoms with E-state index in [1.165, 1.54) is 4.88 Å².